The van der Waals surface area contributed by atoms with E-state index in [2.05, 4.69) is 0 Å². The van der Waals surface area contributed by atoms with Crippen LogP contribution in [0.2, 0.25) is 0 Å². The summed E-state index contributed by atoms with van der Waals surface area (Å²) in [7, 11) is 0. The molecule has 10 radical (unpaired) electrons. The first-order chi connectivity index (χ1) is 23.5. The van der Waals surface area contributed by atoms with Gasteiger partial charge in [0, 0.05) is 0 Å². The van der Waals surface area contributed by atoms with Crippen LogP contribution < -0.4 is 0 Å². The molecule has 10 atom stereocenters. The number of carbonyl (C=O) groups excluding carboxylic acids is 2. The summed E-state index contributed by atoms with van der Waals surface area (Å²) < 4.78 is 70.3. The molecule has 14 nitrogen and oxygen atoms in total. The van der Waals surface area contributed by atoms with Crippen molar-refractivity contribution in [1.29, 1.82) is 0 Å². The first kappa shape index (κ1) is 39.8. The third-order valence-electron chi connectivity index (χ3n) is 9.06. The molecule has 0 N–H and O–H groups in total. The summed E-state index contributed by atoms with van der Waals surface area (Å²) in [5.74, 6) is -2.83. The van der Waals surface area contributed by atoms with Gasteiger partial charge in [0.05, 0.1) is 11.8 Å². The SMILES string of the molecule is CC1(C)O[C@H]2[C@@H](O1)[C@@H](COC(=O)[C]1[CH][CH][CH][CH]1)O[C@@H]1OC(C)(C)O[C@@H]12.CC1(C)O[C@H]2[C@@H](O1)[C@@H](COC(=O)[C]1[CH][CH][CH][CH]1)O[C@@H]1OC(C)(C)O[C@@H]12.[Ru+2]. The van der Waals surface area contributed by atoms with Crippen LogP contribution in [-0.4, -0.2) is 110 Å². The van der Waals surface area contributed by atoms with Crippen molar-refractivity contribution in [1.82, 2.24) is 0 Å². The second kappa shape index (κ2) is 15.0. The molecule has 0 bridgehead atoms. The van der Waals surface area contributed by atoms with Gasteiger partial charge in [0.15, 0.2) is 35.7 Å². The van der Waals surface area contributed by atoms with E-state index in [9.17, 15) is 9.59 Å². The van der Waals surface area contributed by atoms with Gasteiger partial charge in [-0.25, -0.2) is 0 Å². The Bertz CT molecular complexity index is 1150. The number of ether oxygens (including phenoxy) is 12. The minimum atomic E-state index is -0.767. The number of hydrogen-bond donors (Lipinski definition) is 0. The van der Waals surface area contributed by atoms with Crippen molar-refractivity contribution in [2.45, 2.75) is 140 Å². The van der Waals surface area contributed by atoms with Gasteiger partial charge in [0.1, 0.15) is 62.0 Å². The molecule has 8 rings (SSSR count). The minimum Gasteiger partial charge on any atom is -0.462 e. The monoisotopic (exact) mass is 804 g/mol. The van der Waals surface area contributed by atoms with Gasteiger partial charge < -0.3 is 56.8 Å². The minimum absolute atomic E-state index is 0. The fourth-order valence-electron chi connectivity index (χ4n) is 7.16. The summed E-state index contributed by atoms with van der Waals surface area (Å²) in [5.41, 5.74) is 0. The summed E-state index contributed by atoms with van der Waals surface area (Å²) in [6, 6.07) is 0. The normalized spacial score (nSPS) is 41.3. The fraction of sp³-hybridized carbons (Fsp3) is 0.667. The second-order valence-electron chi connectivity index (χ2n) is 15.0. The predicted molar refractivity (Wildman–Crippen MR) is 168 cm³/mol. The second-order valence-corrected chi connectivity index (χ2v) is 15.0. The fourth-order valence-corrected chi connectivity index (χ4v) is 7.16. The van der Waals surface area contributed by atoms with E-state index >= 15 is 0 Å². The van der Waals surface area contributed by atoms with E-state index in [-0.39, 0.29) is 57.1 Å². The Morgan fingerprint density at radius 3 is 1.14 bits per heavy atom. The van der Waals surface area contributed by atoms with E-state index in [4.69, 9.17) is 56.8 Å². The zero-order chi connectivity index (χ0) is 35.6. The van der Waals surface area contributed by atoms with Gasteiger partial charge >= 0.3 is 31.4 Å². The summed E-state index contributed by atoms with van der Waals surface area (Å²) in [5, 5.41) is 0. The third kappa shape index (κ3) is 8.85. The van der Waals surface area contributed by atoms with Gasteiger partial charge in [-0.15, -0.1) is 0 Å². The van der Waals surface area contributed by atoms with Crippen LogP contribution in [0.25, 0.3) is 0 Å². The largest absolute Gasteiger partial charge is 2.00 e. The maximum Gasteiger partial charge on any atom is 2.00 e. The van der Waals surface area contributed by atoms with Crippen molar-refractivity contribution in [2.24, 2.45) is 0 Å². The van der Waals surface area contributed by atoms with Crippen LogP contribution in [0.3, 0.4) is 0 Å². The number of rotatable bonds is 6. The van der Waals surface area contributed by atoms with Gasteiger partial charge in [0.2, 0.25) is 0 Å². The van der Waals surface area contributed by atoms with Gasteiger partial charge in [0.25, 0.3) is 0 Å². The molecule has 0 aromatic heterocycles. The molecule has 8 aliphatic rings. The number of esters is 2. The quantitative estimate of drug-likeness (QED) is 0.287. The Kier molecular flexibility index (Phi) is 11.7. The van der Waals surface area contributed by atoms with Crippen molar-refractivity contribution >= 4 is 11.9 Å². The Morgan fingerprint density at radius 1 is 0.490 bits per heavy atom. The van der Waals surface area contributed by atoms with Gasteiger partial charge in [-0.05, 0) is 107 Å². The molecule has 6 aliphatic heterocycles. The molecule has 6 heterocycles. The molecule has 8 fully saturated rings. The van der Waals surface area contributed by atoms with E-state index in [1.807, 2.05) is 55.4 Å². The first-order valence-electron chi connectivity index (χ1n) is 17.0. The van der Waals surface area contributed by atoms with Crippen LogP contribution in [0.15, 0.2) is 0 Å². The van der Waals surface area contributed by atoms with Crippen molar-refractivity contribution in [3.05, 3.63) is 63.2 Å². The first-order valence-corrected chi connectivity index (χ1v) is 17.0. The smallest absolute Gasteiger partial charge is 0.462 e. The average Bonchev–Trinajstić information content (AvgIpc) is 3.86. The molecule has 51 heavy (non-hydrogen) atoms. The molecule has 280 valence electrons. The molecule has 0 aromatic rings. The van der Waals surface area contributed by atoms with Crippen LogP contribution in [0.1, 0.15) is 55.4 Å². The van der Waals surface area contributed by atoms with Crippen LogP contribution in [-0.2, 0) is 85.9 Å². The van der Waals surface area contributed by atoms with E-state index in [0.29, 0.717) is 11.8 Å². The summed E-state index contributed by atoms with van der Waals surface area (Å²) in [6.07, 6.45) is 9.54. The number of hydrogen-bond acceptors (Lipinski definition) is 14. The van der Waals surface area contributed by atoms with Crippen LogP contribution >= 0.6 is 0 Å². The Hall–Kier alpha value is -0.837. The third-order valence-corrected chi connectivity index (χ3v) is 9.06. The molecule has 2 aliphatic carbocycles. The van der Waals surface area contributed by atoms with E-state index in [0.717, 1.165) is 0 Å². The van der Waals surface area contributed by atoms with Crippen LogP contribution in [0.4, 0.5) is 0 Å². The number of fused-ring (bicyclic) bond motifs is 6. The standard InChI is InChI=1S/2C18H23O7.Ru/c2*1-17(2)22-12-11(9-20-15(19)10-7-5-6-8-10)21-16-14(13(12)23-17)24-18(3,4)25-16;/h2*5-8,11-14,16H,9H2,1-4H3;/q;;+2/t2*11-,12+,13+,14-,16-;/m11./s1. The molecular formula is C36H46O14Ru+2. The Morgan fingerprint density at radius 2 is 0.784 bits per heavy atom. The van der Waals surface area contributed by atoms with Crippen molar-refractivity contribution < 1.29 is 85.9 Å². The van der Waals surface area contributed by atoms with Crippen LogP contribution in [0, 0.1) is 63.2 Å². The Balaban J connectivity index is 0.000000172. The summed E-state index contributed by atoms with van der Waals surface area (Å²) in [4.78, 5) is 24.2. The van der Waals surface area contributed by atoms with Gasteiger partial charge in [-0.1, -0.05) is 0 Å². The molecule has 15 heteroatoms. The zero-order valence-corrected chi connectivity index (χ0v) is 31.6. The molecule has 0 spiro atoms. The van der Waals surface area contributed by atoms with E-state index in [1.54, 1.807) is 51.4 Å². The Labute approximate surface area is 313 Å². The predicted octanol–water partition coefficient (Wildman–Crippen LogP) is 2.66. The molecular weight excluding hydrogens is 757 g/mol. The zero-order valence-electron chi connectivity index (χ0n) is 29.9. The molecule has 0 aromatic carbocycles. The van der Waals surface area contributed by atoms with Gasteiger partial charge in [-0.2, -0.15) is 0 Å². The van der Waals surface area contributed by atoms with Gasteiger partial charge in [-0.3, -0.25) is 9.59 Å². The summed E-state index contributed by atoms with van der Waals surface area (Å²) >= 11 is 0. The molecule has 2 saturated carbocycles. The number of carbonyl (C=O) groups is 2. The molecule has 6 saturated heterocycles. The van der Waals surface area contributed by atoms with Crippen molar-refractivity contribution in [2.75, 3.05) is 13.2 Å². The molecule has 0 amide bonds. The van der Waals surface area contributed by atoms with Crippen molar-refractivity contribution in [3.8, 4) is 0 Å². The molecule has 0 unspecified atom stereocenters. The topological polar surface area (TPSA) is 145 Å². The van der Waals surface area contributed by atoms with Crippen molar-refractivity contribution in [3.63, 3.8) is 0 Å². The summed E-state index contributed by atoms with van der Waals surface area (Å²) in [6.45, 7) is 14.8. The average molecular weight is 804 g/mol. The maximum atomic E-state index is 12.1. The van der Waals surface area contributed by atoms with E-state index < -0.39 is 72.1 Å². The van der Waals surface area contributed by atoms with E-state index in [1.165, 1.54) is 0 Å². The maximum absolute atomic E-state index is 12.1. The van der Waals surface area contributed by atoms with Crippen LogP contribution in [0.5, 0.6) is 0 Å².